The fourth-order valence-corrected chi connectivity index (χ4v) is 1.05. The van der Waals surface area contributed by atoms with Crippen molar-refractivity contribution in [2.45, 2.75) is 32.6 Å². The van der Waals surface area contributed by atoms with Crippen molar-refractivity contribution < 1.29 is 14.3 Å². The molecule has 0 spiro atoms. The van der Waals surface area contributed by atoms with Crippen molar-refractivity contribution in [2.75, 3.05) is 0 Å². The van der Waals surface area contributed by atoms with Crippen LogP contribution in [0.2, 0.25) is 0 Å². The molecule has 1 aliphatic rings. The van der Waals surface area contributed by atoms with Gasteiger partial charge in [0, 0.05) is 25.3 Å². The predicted molar refractivity (Wildman–Crippen MR) is 43.3 cm³/mol. The van der Waals surface area contributed by atoms with Gasteiger partial charge in [-0.1, -0.05) is 6.92 Å². The Morgan fingerprint density at radius 2 is 2.33 bits per heavy atom. The van der Waals surface area contributed by atoms with Crippen LogP contribution in [0.15, 0.2) is 11.8 Å². The Bertz CT molecular complexity index is 228. The van der Waals surface area contributed by atoms with Crippen LogP contribution >= 0.6 is 0 Å². The molecular formula is C9H12O3. The molecule has 0 unspecified atom stereocenters. The van der Waals surface area contributed by atoms with E-state index in [1.165, 1.54) is 6.08 Å². The molecule has 0 bridgehead atoms. The number of hydrogen-bond acceptors (Lipinski definition) is 3. The molecule has 3 nitrogen and oxygen atoms in total. The van der Waals surface area contributed by atoms with E-state index in [4.69, 9.17) is 4.74 Å². The molecule has 0 aromatic heterocycles. The minimum Gasteiger partial charge on any atom is -0.431 e. The molecule has 0 saturated heterocycles. The fourth-order valence-electron chi connectivity index (χ4n) is 1.05. The summed E-state index contributed by atoms with van der Waals surface area (Å²) in [6, 6.07) is 0. The van der Waals surface area contributed by atoms with Crippen LogP contribution in [0.1, 0.15) is 32.6 Å². The molecule has 0 aromatic carbocycles. The molecule has 3 heteroatoms. The monoisotopic (exact) mass is 168 g/mol. The summed E-state index contributed by atoms with van der Waals surface area (Å²) in [5, 5.41) is 0. The SMILES string of the molecule is CCCC(=O)OC1=CC(=O)CC1. The summed E-state index contributed by atoms with van der Waals surface area (Å²) in [5.41, 5.74) is 0. The van der Waals surface area contributed by atoms with Crippen molar-refractivity contribution in [3.63, 3.8) is 0 Å². The molecule has 0 aliphatic heterocycles. The van der Waals surface area contributed by atoms with Gasteiger partial charge in [0.15, 0.2) is 5.78 Å². The first kappa shape index (κ1) is 8.97. The standard InChI is InChI=1S/C9H12O3/c1-2-3-9(11)12-8-5-4-7(10)6-8/h6H,2-5H2,1H3. The van der Waals surface area contributed by atoms with Crippen LogP contribution in [-0.4, -0.2) is 11.8 Å². The summed E-state index contributed by atoms with van der Waals surface area (Å²) in [6.07, 6.45) is 3.67. The number of esters is 1. The molecule has 0 atom stereocenters. The first-order valence-electron chi connectivity index (χ1n) is 4.16. The zero-order chi connectivity index (χ0) is 8.97. The van der Waals surface area contributed by atoms with Crippen LogP contribution in [0.3, 0.4) is 0 Å². The first-order valence-corrected chi connectivity index (χ1v) is 4.16. The second kappa shape index (κ2) is 4.04. The molecule has 1 rings (SSSR count). The molecule has 0 amide bonds. The number of carbonyl (C=O) groups is 2. The number of ketones is 1. The van der Waals surface area contributed by atoms with Gasteiger partial charge in [0.25, 0.3) is 0 Å². The van der Waals surface area contributed by atoms with E-state index in [1.807, 2.05) is 6.92 Å². The number of hydrogen-bond donors (Lipinski definition) is 0. The lowest BCUT2D eigenvalue weighted by atomic mass is 10.3. The van der Waals surface area contributed by atoms with Gasteiger partial charge >= 0.3 is 5.97 Å². The van der Waals surface area contributed by atoms with Crippen LogP contribution in [0.25, 0.3) is 0 Å². The zero-order valence-corrected chi connectivity index (χ0v) is 7.13. The highest BCUT2D eigenvalue weighted by Crippen LogP contribution is 2.16. The molecule has 1 aliphatic carbocycles. The summed E-state index contributed by atoms with van der Waals surface area (Å²) < 4.78 is 4.92. The first-order chi connectivity index (χ1) is 5.72. The topological polar surface area (TPSA) is 43.4 Å². The quantitative estimate of drug-likeness (QED) is 0.601. The van der Waals surface area contributed by atoms with Crippen molar-refractivity contribution in [3.8, 4) is 0 Å². The number of ether oxygens (including phenoxy) is 1. The Kier molecular flexibility index (Phi) is 3.02. The van der Waals surface area contributed by atoms with E-state index in [2.05, 4.69) is 0 Å². The largest absolute Gasteiger partial charge is 0.431 e. The van der Waals surface area contributed by atoms with Gasteiger partial charge < -0.3 is 4.74 Å². The third-order valence-corrected chi connectivity index (χ3v) is 1.64. The maximum absolute atomic E-state index is 10.9. The lowest BCUT2D eigenvalue weighted by Gasteiger charge is -2.01. The van der Waals surface area contributed by atoms with Gasteiger partial charge in [0.2, 0.25) is 0 Å². The molecule has 66 valence electrons. The molecule has 12 heavy (non-hydrogen) atoms. The van der Waals surface area contributed by atoms with Gasteiger partial charge in [-0.25, -0.2) is 0 Å². The molecule has 0 saturated carbocycles. The predicted octanol–water partition coefficient (Wildman–Crippen LogP) is 1.58. The Morgan fingerprint density at radius 1 is 1.58 bits per heavy atom. The van der Waals surface area contributed by atoms with E-state index in [1.54, 1.807) is 0 Å². The Labute approximate surface area is 71.4 Å². The molecule has 0 N–H and O–H groups in total. The van der Waals surface area contributed by atoms with Crippen LogP contribution < -0.4 is 0 Å². The van der Waals surface area contributed by atoms with Crippen LogP contribution in [-0.2, 0) is 14.3 Å². The Morgan fingerprint density at radius 3 is 2.83 bits per heavy atom. The molecule has 0 heterocycles. The third kappa shape index (κ3) is 2.49. The lowest BCUT2D eigenvalue weighted by molar-refractivity contribution is -0.139. The van der Waals surface area contributed by atoms with Gasteiger partial charge in [0.05, 0.1) is 0 Å². The van der Waals surface area contributed by atoms with Gasteiger partial charge in [-0.3, -0.25) is 9.59 Å². The normalized spacial score (nSPS) is 16.1. The molecule has 0 radical (unpaired) electrons. The van der Waals surface area contributed by atoms with E-state index in [-0.39, 0.29) is 11.8 Å². The summed E-state index contributed by atoms with van der Waals surface area (Å²) >= 11 is 0. The summed E-state index contributed by atoms with van der Waals surface area (Å²) in [7, 11) is 0. The highest BCUT2D eigenvalue weighted by molar-refractivity contribution is 5.93. The van der Waals surface area contributed by atoms with E-state index < -0.39 is 0 Å². The third-order valence-electron chi connectivity index (χ3n) is 1.64. The minimum atomic E-state index is -0.238. The van der Waals surface area contributed by atoms with Crippen molar-refractivity contribution in [1.29, 1.82) is 0 Å². The molecular weight excluding hydrogens is 156 g/mol. The summed E-state index contributed by atoms with van der Waals surface area (Å²) in [6.45, 7) is 1.91. The highest BCUT2D eigenvalue weighted by atomic mass is 16.5. The van der Waals surface area contributed by atoms with Gasteiger partial charge in [0.1, 0.15) is 5.76 Å². The fraction of sp³-hybridized carbons (Fsp3) is 0.556. The van der Waals surface area contributed by atoms with Crippen molar-refractivity contribution in [1.82, 2.24) is 0 Å². The highest BCUT2D eigenvalue weighted by Gasteiger charge is 2.15. The van der Waals surface area contributed by atoms with Crippen LogP contribution in [0.5, 0.6) is 0 Å². The molecule has 0 fully saturated rings. The average molecular weight is 168 g/mol. The van der Waals surface area contributed by atoms with E-state index in [0.29, 0.717) is 25.0 Å². The van der Waals surface area contributed by atoms with E-state index >= 15 is 0 Å². The zero-order valence-electron chi connectivity index (χ0n) is 7.13. The van der Waals surface area contributed by atoms with Crippen molar-refractivity contribution >= 4 is 11.8 Å². The smallest absolute Gasteiger partial charge is 0.310 e. The summed E-state index contributed by atoms with van der Waals surface area (Å²) in [5.74, 6) is 0.339. The maximum atomic E-state index is 10.9. The van der Waals surface area contributed by atoms with Gasteiger partial charge in [-0.2, -0.15) is 0 Å². The van der Waals surface area contributed by atoms with E-state index in [0.717, 1.165) is 6.42 Å². The second-order valence-corrected chi connectivity index (χ2v) is 2.80. The van der Waals surface area contributed by atoms with E-state index in [9.17, 15) is 9.59 Å². The summed E-state index contributed by atoms with van der Waals surface area (Å²) in [4.78, 5) is 21.7. The minimum absolute atomic E-state index is 0.0503. The van der Waals surface area contributed by atoms with Crippen LogP contribution in [0, 0.1) is 0 Å². The van der Waals surface area contributed by atoms with Crippen LogP contribution in [0.4, 0.5) is 0 Å². The number of allylic oxidation sites excluding steroid dienone is 2. The van der Waals surface area contributed by atoms with Crippen molar-refractivity contribution in [2.24, 2.45) is 0 Å². The Hall–Kier alpha value is -1.12. The Balaban J connectivity index is 2.36. The maximum Gasteiger partial charge on any atom is 0.310 e. The van der Waals surface area contributed by atoms with Crippen molar-refractivity contribution in [3.05, 3.63) is 11.8 Å². The van der Waals surface area contributed by atoms with Gasteiger partial charge in [-0.05, 0) is 6.42 Å². The second-order valence-electron chi connectivity index (χ2n) is 2.80. The average Bonchev–Trinajstić information content (AvgIpc) is 2.36. The lowest BCUT2D eigenvalue weighted by Crippen LogP contribution is -2.01. The number of rotatable bonds is 3. The molecule has 0 aromatic rings. The number of carbonyl (C=O) groups excluding carboxylic acids is 2. The van der Waals surface area contributed by atoms with Gasteiger partial charge in [-0.15, -0.1) is 0 Å².